The Hall–Kier alpha value is -0.0800. The summed E-state index contributed by atoms with van der Waals surface area (Å²) >= 11 is 0. The second-order valence-corrected chi connectivity index (χ2v) is 3.87. The molecule has 0 aromatic heterocycles. The van der Waals surface area contributed by atoms with Crippen LogP contribution in [0.3, 0.4) is 0 Å². The quantitative estimate of drug-likeness (QED) is 0.578. The third kappa shape index (κ3) is 15.7. The van der Waals surface area contributed by atoms with Gasteiger partial charge in [0.1, 0.15) is 0 Å². The van der Waals surface area contributed by atoms with Gasteiger partial charge in [0.2, 0.25) is 0 Å². The summed E-state index contributed by atoms with van der Waals surface area (Å²) in [5, 5.41) is 0. The Labute approximate surface area is 65.6 Å². The zero-order chi connectivity index (χ0) is 8.78. The Morgan fingerprint density at radius 2 is 1.40 bits per heavy atom. The predicted molar refractivity (Wildman–Crippen MR) is 47.8 cm³/mol. The molecule has 2 N–H and O–H groups in total. The summed E-state index contributed by atoms with van der Waals surface area (Å²) < 4.78 is 1.08. The maximum atomic E-state index is 4.50. The van der Waals surface area contributed by atoms with E-state index in [-0.39, 0.29) is 0 Å². The molecule has 2 heteroatoms. The number of hydrogen-bond acceptors (Lipinski definition) is 1. The van der Waals surface area contributed by atoms with Crippen LogP contribution < -0.4 is 5.73 Å². The summed E-state index contributed by atoms with van der Waals surface area (Å²) in [7, 11) is 8.17. The average Bonchev–Trinajstić information content (AvgIpc) is 1.64. The first-order valence-electron chi connectivity index (χ1n) is 3.80. The molecule has 0 radical (unpaired) electrons. The number of rotatable bonds is 2. The molecule has 0 fully saturated rings. The van der Waals surface area contributed by atoms with Crippen molar-refractivity contribution in [2.75, 3.05) is 34.7 Å². The van der Waals surface area contributed by atoms with Crippen molar-refractivity contribution >= 4 is 0 Å². The molecule has 0 aromatic rings. The Morgan fingerprint density at radius 1 is 1.10 bits per heavy atom. The van der Waals surface area contributed by atoms with Crippen molar-refractivity contribution in [2.45, 2.75) is 13.8 Å². The second-order valence-electron chi connectivity index (χ2n) is 3.87. The van der Waals surface area contributed by atoms with Crippen LogP contribution in [0.25, 0.3) is 0 Å². The molecule has 64 valence electrons. The smallest absolute Gasteiger partial charge is 0.0803 e. The minimum atomic E-state index is 0.815. The maximum absolute atomic E-state index is 4.50. The van der Waals surface area contributed by atoms with Crippen molar-refractivity contribution in [1.82, 2.24) is 0 Å². The van der Waals surface area contributed by atoms with E-state index in [0.717, 1.165) is 10.4 Å². The molecule has 0 amide bonds. The SMILES string of the molecule is CC(C)C[N+](C)(C)C.CN. The molecule has 2 nitrogen and oxygen atoms in total. The highest BCUT2D eigenvalue weighted by atomic mass is 15.3. The van der Waals surface area contributed by atoms with E-state index in [0.29, 0.717) is 0 Å². The molecular weight excluding hydrogens is 124 g/mol. The van der Waals surface area contributed by atoms with E-state index in [2.05, 4.69) is 40.7 Å². The lowest BCUT2D eigenvalue weighted by Crippen LogP contribution is -2.37. The topological polar surface area (TPSA) is 26.0 Å². The Morgan fingerprint density at radius 3 is 1.40 bits per heavy atom. The van der Waals surface area contributed by atoms with Crippen molar-refractivity contribution in [3.05, 3.63) is 0 Å². The van der Waals surface area contributed by atoms with Crippen LogP contribution in [0.5, 0.6) is 0 Å². The van der Waals surface area contributed by atoms with E-state index >= 15 is 0 Å². The van der Waals surface area contributed by atoms with Gasteiger partial charge in [0.15, 0.2) is 0 Å². The van der Waals surface area contributed by atoms with Crippen LogP contribution >= 0.6 is 0 Å². The Bertz CT molecular complexity index is 62.1. The highest BCUT2D eigenvalue weighted by molar-refractivity contribution is 4.37. The fourth-order valence-corrected chi connectivity index (χ4v) is 1.10. The molecule has 0 rings (SSSR count). The van der Waals surface area contributed by atoms with Gasteiger partial charge in [-0.3, -0.25) is 0 Å². The summed E-state index contributed by atoms with van der Waals surface area (Å²) in [5.41, 5.74) is 4.50. The molecule has 0 bridgehead atoms. The first-order chi connectivity index (χ1) is 4.42. The van der Waals surface area contributed by atoms with Gasteiger partial charge in [0.05, 0.1) is 27.7 Å². The zero-order valence-corrected chi connectivity index (χ0v) is 8.31. The normalized spacial score (nSPS) is 10.8. The Kier molecular flexibility index (Phi) is 7.15. The summed E-state index contributed by atoms with van der Waals surface area (Å²) in [4.78, 5) is 0. The number of quaternary nitrogens is 1. The van der Waals surface area contributed by atoms with Gasteiger partial charge in [0.25, 0.3) is 0 Å². The molecule has 0 atom stereocenters. The van der Waals surface area contributed by atoms with Gasteiger partial charge in [-0.05, 0) is 7.05 Å². The summed E-state index contributed by atoms with van der Waals surface area (Å²) in [6.45, 7) is 5.77. The molecule has 0 aliphatic carbocycles. The van der Waals surface area contributed by atoms with E-state index in [1.54, 1.807) is 0 Å². The highest BCUT2D eigenvalue weighted by Gasteiger charge is 2.08. The van der Waals surface area contributed by atoms with E-state index < -0.39 is 0 Å². The lowest BCUT2D eigenvalue weighted by Gasteiger charge is -2.25. The minimum absolute atomic E-state index is 0.815. The van der Waals surface area contributed by atoms with E-state index in [4.69, 9.17) is 0 Å². The third-order valence-electron chi connectivity index (χ3n) is 0.913. The van der Waals surface area contributed by atoms with E-state index in [1.807, 2.05) is 0 Å². The van der Waals surface area contributed by atoms with Crippen LogP contribution in [0, 0.1) is 5.92 Å². The number of nitrogens with zero attached hydrogens (tertiary/aromatic N) is 1. The number of hydrogen-bond donors (Lipinski definition) is 1. The van der Waals surface area contributed by atoms with Gasteiger partial charge >= 0.3 is 0 Å². The fourth-order valence-electron chi connectivity index (χ4n) is 1.10. The molecule has 0 heterocycles. The predicted octanol–water partition coefficient (Wildman–Crippen LogP) is 0.923. The molecule has 0 unspecified atom stereocenters. The molecule has 10 heavy (non-hydrogen) atoms. The standard InChI is InChI=1S/C7H18N.CH5N/c1-7(2)6-8(3,4)5;1-2/h7H,6H2,1-5H3;2H2,1H3/q+1;. The van der Waals surface area contributed by atoms with Crippen molar-refractivity contribution in [1.29, 1.82) is 0 Å². The Balaban J connectivity index is 0. The molecule has 0 saturated carbocycles. The van der Waals surface area contributed by atoms with Crippen molar-refractivity contribution in [2.24, 2.45) is 11.7 Å². The van der Waals surface area contributed by atoms with Gasteiger partial charge in [0, 0.05) is 5.92 Å². The van der Waals surface area contributed by atoms with Crippen LogP contribution in [-0.2, 0) is 0 Å². The van der Waals surface area contributed by atoms with Crippen LogP contribution in [0.4, 0.5) is 0 Å². The van der Waals surface area contributed by atoms with Gasteiger partial charge in [-0.1, -0.05) is 13.8 Å². The largest absolute Gasteiger partial charge is 0.333 e. The molecule has 0 aliphatic heterocycles. The summed E-state index contributed by atoms with van der Waals surface area (Å²) in [5.74, 6) is 0.815. The van der Waals surface area contributed by atoms with Gasteiger partial charge < -0.3 is 10.2 Å². The third-order valence-corrected chi connectivity index (χ3v) is 0.913. The molecule has 0 saturated heterocycles. The van der Waals surface area contributed by atoms with Crippen molar-refractivity contribution in [3.63, 3.8) is 0 Å². The lowest BCUT2D eigenvalue weighted by molar-refractivity contribution is -0.873. The molecular formula is C8H23N2+. The van der Waals surface area contributed by atoms with Crippen LogP contribution in [0.2, 0.25) is 0 Å². The fraction of sp³-hybridized carbons (Fsp3) is 1.00. The maximum Gasteiger partial charge on any atom is 0.0803 e. The molecule has 0 aliphatic rings. The second kappa shape index (κ2) is 5.69. The van der Waals surface area contributed by atoms with Crippen LogP contribution in [0.15, 0.2) is 0 Å². The van der Waals surface area contributed by atoms with E-state index in [9.17, 15) is 0 Å². The van der Waals surface area contributed by atoms with Crippen molar-refractivity contribution < 1.29 is 4.48 Å². The number of nitrogens with two attached hydrogens (primary N) is 1. The first kappa shape index (κ1) is 12.6. The minimum Gasteiger partial charge on any atom is -0.333 e. The van der Waals surface area contributed by atoms with E-state index in [1.165, 1.54) is 13.6 Å². The van der Waals surface area contributed by atoms with Crippen LogP contribution in [-0.4, -0.2) is 39.2 Å². The van der Waals surface area contributed by atoms with Gasteiger partial charge in [-0.25, -0.2) is 0 Å². The van der Waals surface area contributed by atoms with Crippen LogP contribution in [0.1, 0.15) is 13.8 Å². The highest BCUT2D eigenvalue weighted by Crippen LogP contribution is 1.98. The molecule has 0 aromatic carbocycles. The molecule has 0 spiro atoms. The lowest BCUT2D eigenvalue weighted by atomic mass is 10.2. The van der Waals surface area contributed by atoms with Gasteiger partial charge in [-0.2, -0.15) is 0 Å². The summed E-state index contributed by atoms with van der Waals surface area (Å²) in [6.07, 6.45) is 0. The van der Waals surface area contributed by atoms with Crippen molar-refractivity contribution in [3.8, 4) is 0 Å². The zero-order valence-electron chi connectivity index (χ0n) is 8.31. The monoisotopic (exact) mass is 147 g/mol. The first-order valence-corrected chi connectivity index (χ1v) is 3.80. The summed E-state index contributed by atoms with van der Waals surface area (Å²) in [6, 6.07) is 0. The average molecular weight is 147 g/mol. The van der Waals surface area contributed by atoms with Gasteiger partial charge in [-0.15, -0.1) is 0 Å².